The molecule has 0 unspecified atom stereocenters. The number of anilines is 1. The lowest BCUT2D eigenvalue weighted by molar-refractivity contribution is 0.0971. The molecule has 3 N–H and O–H groups in total. The maximum Gasteiger partial charge on any atom is 0.278 e. The minimum absolute atomic E-state index is 0.0541. The molecule has 0 fully saturated rings. The Kier molecular flexibility index (Phi) is 6.06. The zero-order valence-corrected chi connectivity index (χ0v) is 16.8. The molecule has 2 heterocycles. The number of amides is 1. The van der Waals surface area contributed by atoms with Gasteiger partial charge in [0.2, 0.25) is 5.96 Å². The highest BCUT2D eigenvalue weighted by Crippen LogP contribution is 2.20. The summed E-state index contributed by atoms with van der Waals surface area (Å²) in [6, 6.07) is 9.59. The Morgan fingerprint density at radius 3 is 2.52 bits per heavy atom. The van der Waals surface area contributed by atoms with Gasteiger partial charge < -0.3 is 5.32 Å². The van der Waals surface area contributed by atoms with Crippen molar-refractivity contribution in [2.24, 2.45) is 4.99 Å². The zero-order chi connectivity index (χ0) is 21.0. The molecule has 2 aromatic heterocycles. The Hall–Kier alpha value is -3.49. The van der Waals surface area contributed by atoms with Gasteiger partial charge in [0.25, 0.3) is 5.91 Å². The quantitative estimate of drug-likeness (QED) is 0.452. The summed E-state index contributed by atoms with van der Waals surface area (Å²) in [7, 11) is 0. The molecule has 152 valence electrons. The van der Waals surface area contributed by atoms with Gasteiger partial charge in [-0.05, 0) is 63.6 Å². The highest BCUT2D eigenvalue weighted by molar-refractivity contribution is 6.09. The molecule has 9 heteroatoms. The van der Waals surface area contributed by atoms with E-state index in [4.69, 9.17) is 0 Å². The predicted molar refractivity (Wildman–Crippen MR) is 110 cm³/mol. The number of halogens is 1. The highest BCUT2D eigenvalue weighted by atomic mass is 19.1. The Balaban J connectivity index is 1.74. The van der Waals surface area contributed by atoms with E-state index in [1.54, 1.807) is 35.1 Å². The molecule has 0 bridgehead atoms. The van der Waals surface area contributed by atoms with Crippen LogP contribution in [0.5, 0.6) is 0 Å². The van der Waals surface area contributed by atoms with Gasteiger partial charge in [-0.15, -0.1) is 0 Å². The van der Waals surface area contributed by atoms with Crippen LogP contribution in [-0.4, -0.2) is 37.9 Å². The van der Waals surface area contributed by atoms with Gasteiger partial charge in [0.1, 0.15) is 5.82 Å². The Bertz CT molecular complexity index is 1000. The molecule has 0 aliphatic carbocycles. The summed E-state index contributed by atoms with van der Waals surface area (Å²) >= 11 is 0. The van der Waals surface area contributed by atoms with Crippen LogP contribution in [0.2, 0.25) is 0 Å². The summed E-state index contributed by atoms with van der Waals surface area (Å²) in [6.07, 6.45) is 1.76. The summed E-state index contributed by atoms with van der Waals surface area (Å²) < 4.78 is 14.8. The number of carbonyl (C=O) groups excluding carboxylic acids is 1. The van der Waals surface area contributed by atoms with Crippen LogP contribution in [0.4, 0.5) is 10.2 Å². The van der Waals surface area contributed by atoms with Gasteiger partial charge in [-0.25, -0.2) is 9.38 Å². The SMILES string of the molecule is CC(C)N=C(NC(=O)c1ccn(C(C)C)n1)Nc1cc(-c2ccc(F)cc2)[nH]n1. The Morgan fingerprint density at radius 1 is 1.17 bits per heavy atom. The van der Waals surface area contributed by atoms with Crippen molar-refractivity contribution in [3.05, 3.63) is 54.1 Å². The third-order valence-electron chi connectivity index (χ3n) is 3.97. The van der Waals surface area contributed by atoms with Gasteiger partial charge in [-0.2, -0.15) is 10.2 Å². The van der Waals surface area contributed by atoms with Crippen LogP contribution in [0.1, 0.15) is 44.2 Å². The minimum atomic E-state index is -0.370. The fourth-order valence-electron chi connectivity index (χ4n) is 2.56. The lowest BCUT2D eigenvalue weighted by Gasteiger charge is -2.10. The van der Waals surface area contributed by atoms with Crippen LogP contribution in [0.3, 0.4) is 0 Å². The number of H-pyrrole nitrogens is 1. The van der Waals surface area contributed by atoms with Crippen molar-refractivity contribution < 1.29 is 9.18 Å². The van der Waals surface area contributed by atoms with Gasteiger partial charge in [-0.3, -0.25) is 19.9 Å². The van der Waals surface area contributed by atoms with Crippen LogP contribution < -0.4 is 10.6 Å². The van der Waals surface area contributed by atoms with Crippen molar-refractivity contribution in [1.29, 1.82) is 0 Å². The monoisotopic (exact) mass is 397 g/mol. The second kappa shape index (κ2) is 8.68. The third-order valence-corrected chi connectivity index (χ3v) is 3.97. The number of rotatable bonds is 5. The molecule has 1 aromatic carbocycles. The molecule has 0 aliphatic heterocycles. The Labute approximate surface area is 168 Å². The first kappa shape index (κ1) is 20.2. The number of hydrogen-bond donors (Lipinski definition) is 3. The van der Waals surface area contributed by atoms with E-state index < -0.39 is 0 Å². The average molecular weight is 397 g/mol. The van der Waals surface area contributed by atoms with Gasteiger partial charge in [0, 0.05) is 24.3 Å². The number of aromatic nitrogens is 4. The fraction of sp³-hybridized carbons (Fsp3) is 0.300. The molecule has 29 heavy (non-hydrogen) atoms. The smallest absolute Gasteiger partial charge is 0.278 e. The molecular formula is C20H24FN7O. The summed E-state index contributed by atoms with van der Waals surface area (Å²) in [5, 5.41) is 17.1. The summed E-state index contributed by atoms with van der Waals surface area (Å²) in [6.45, 7) is 7.77. The molecule has 3 aromatic rings. The lowest BCUT2D eigenvalue weighted by Crippen LogP contribution is -2.37. The number of nitrogens with one attached hydrogen (secondary N) is 3. The second-order valence-corrected chi connectivity index (χ2v) is 7.10. The van der Waals surface area contributed by atoms with Crippen LogP contribution in [0, 0.1) is 5.82 Å². The highest BCUT2D eigenvalue weighted by Gasteiger charge is 2.15. The van der Waals surface area contributed by atoms with Crippen molar-refractivity contribution >= 4 is 17.7 Å². The van der Waals surface area contributed by atoms with Crippen molar-refractivity contribution in [2.75, 3.05) is 5.32 Å². The first-order chi connectivity index (χ1) is 13.8. The number of aromatic amines is 1. The summed E-state index contributed by atoms with van der Waals surface area (Å²) in [5.41, 5.74) is 1.79. The molecule has 0 saturated heterocycles. The summed E-state index contributed by atoms with van der Waals surface area (Å²) in [5.74, 6) is 0.0594. The van der Waals surface area contributed by atoms with Crippen LogP contribution >= 0.6 is 0 Å². The van der Waals surface area contributed by atoms with Crippen molar-refractivity contribution in [2.45, 2.75) is 39.8 Å². The van der Waals surface area contributed by atoms with Crippen LogP contribution in [0.25, 0.3) is 11.3 Å². The maximum atomic E-state index is 13.1. The van der Waals surface area contributed by atoms with E-state index in [-0.39, 0.29) is 29.8 Å². The van der Waals surface area contributed by atoms with Crippen molar-refractivity contribution in [3.8, 4) is 11.3 Å². The van der Waals surface area contributed by atoms with E-state index in [0.29, 0.717) is 17.2 Å². The number of guanidine groups is 1. The fourth-order valence-corrected chi connectivity index (χ4v) is 2.56. The zero-order valence-electron chi connectivity index (χ0n) is 16.8. The predicted octanol–water partition coefficient (Wildman–Crippen LogP) is 3.60. The van der Waals surface area contributed by atoms with E-state index in [1.807, 2.05) is 27.7 Å². The third kappa shape index (κ3) is 5.28. The average Bonchev–Trinajstić information content (AvgIpc) is 3.31. The topological polar surface area (TPSA) is 100.0 Å². The molecule has 0 saturated carbocycles. The van der Waals surface area contributed by atoms with Crippen molar-refractivity contribution in [1.82, 2.24) is 25.3 Å². The lowest BCUT2D eigenvalue weighted by atomic mass is 10.1. The molecule has 0 atom stereocenters. The molecule has 3 rings (SSSR count). The van der Waals surface area contributed by atoms with E-state index in [9.17, 15) is 9.18 Å². The van der Waals surface area contributed by atoms with Gasteiger partial charge >= 0.3 is 0 Å². The second-order valence-electron chi connectivity index (χ2n) is 7.10. The number of benzene rings is 1. The number of nitrogens with zero attached hydrogens (tertiary/aromatic N) is 4. The molecule has 1 amide bonds. The van der Waals surface area contributed by atoms with Crippen LogP contribution in [0.15, 0.2) is 47.6 Å². The standard InChI is InChI=1S/C20H24FN7O/c1-12(2)22-20(24-19(29)16-9-10-28(27-16)13(3)4)23-18-11-17(25-26-18)14-5-7-15(21)8-6-14/h5-13H,1-4H3,(H3,22,23,24,25,26,29). The minimum Gasteiger partial charge on any atom is -0.309 e. The Morgan fingerprint density at radius 2 is 1.90 bits per heavy atom. The summed E-state index contributed by atoms with van der Waals surface area (Å²) in [4.78, 5) is 17.0. The number of aliphatic imine (C=N–C) groups is 1. The first-order valence-electron chi connectivity index (χ1n) is 9.34. The van der Waals surface area contributed by atoms with Crippen molar-refractivity contribution in [3.63, 3.8) is 0 Å². The molecule has 8 nitrogen and oxygen atoms in total. The molecule has 0 radical (unpaired) electrons. The van der Waals surface area contributed by atoms with Gasteiger partial charge in [0.05, 0.1) is 5.69 Å². The largest absolute Gasteiger partial charge is 0.309 e. The first-order valence-corrected chi connectivity index (χ1v) is 9.34. The van der Waals surface area contributed by atoms with E-state index >= 15 is 0 Å². The van der Waals surface area contributed by atoms with Gasteiger partial charge in [-0.1, -0.05) is 0 Å². The molecule has 0 aliphatic rings. The molecule has 0 spiro atoms. The van der Waals surface area contributed by atoms with Crippen LogP contribution in [-0.2, 0) is 0 Å². The van der Waals surface area contributed by atoms with E-state index in [2.05, 4.69) is 30.9 Å². The number of hydrogen-bond acceptors (Lipinski definition) is 4. The van der Waals surface area contributed by atoms with E-state index in [1.165, 1.54) is 12.1 Å². The number of carbonyl (C=O) groups is 1. The van der Waals surface area contributed by atoms with E-state index in [0.717, 1.165) is 5.56 Å². The normalized spacial score (nSPS) is 11.9. The molecular weight excluding hydrogens is 373 g/mol. The van der Waals surface area contributed by atoms with Gasteiger partial charge in [0.15, 0.2) is 11.5 Å². The maximum absolute atomic E-state index is 13.1.